The Labute approximate surface area is 173 Å². The minimum atomic E-state index is -0.484. The number of benzene rings is 1. The van der Waals surface area contributed by atoms with E-state index in [0.717, 1.165) is 12.8 Å². The average Bonchev–Trinajstić information content (AvgIpc) is 2.99. The Kier molecular flexibility index (Phi) is 6.20. The summed E-state index contributed by atoms with van der Waals surface area (Å²) in [4.78, 5) is 18.2. The van der Waals surface area contributed by atoms with Crippen LogP contribution in [0.4, 0.5) is 22.4 Å². The Morgan fingerprint density at radius 1 is 1.21 bits per heavy atom. The summed E-state index contributed by atoms with van der Waals surface area (Å²) < 4.78 is 5.42. The molecule has 2 heterocycles. The number of hydrogen-bond acceptors (Lipinski definition) is 6. The first-order chi connectivity index (χ1) is 13.2. The fourth-order valence-electron chi connectivity index (χ4n) is 2.86. The summed E-state index contributed by atoms with van der Waals surface area (Å²) in [6.45, 7) is 6.86. The van der Waals surface area contributed by atoms with Crippen LogP contribution >= 0.6 is 23.2 Å². The molecule has 10 heteroatoms. The molecule has 1 fully saturated rings. The van der Waals surface area contributed by atoms with Crippen molar-refractivity contribution in [3.63, 3.8) is 0 Å². The Hall–Kier alpha value is -2.19. The van der Waals surface area contributed by atoms with E-state index >= 15 is 0 Å². The number of carbonyl (C=O) groups excluding carboxylic acids is 1. The van der Waals surface area contributed by atoms with E-state index in [0.29, 0.717) is 40.7 Å². The predicted molar refractivity (Wildman–Crippen MR) is 111 cm³/mol. The van der Waals surface area contributed by atoms with E-state index in [1.807, 2.05) is 20.8 Å². The van der Waals surface area contributed by atoms with Crippen LogP contribution in [0.2, 0.25) is 10.0 Å². The lowest BCUT2D eigenvalue weighted by Gasteiger charge is -2.33. The number of anilines is 3. The zero-order valence-corrected chi connectivity index (χ0v) is 17.6. The normalized spacial score (nSPS) is 15.4. The molecule has 8 nitrogen and oxygen atoms in total. The summed E-state index contributed by atoms with van der Waals surface area (Å²) in [6, 6.07) is 5.33. The Morgan fingerprint density at radius 3 is 2.46 bits per heavy atom. The molecule has 0 spiro atoms. The molecule has 1 aliphatic rings. The standard InChI is InChI=1S/C18H24Cl2N6O2/c1-18(2,3)28-17(27)26-6-4-13(5-7-26)21-15-23-16(25-24-15)22-14-9-11(19)8-12(20)10-14/h8-10,13H,4-7H2,1-3H3,(H3,21,22,23,24,25). The number of nitrogens with zero attached hydrogens (tertiary/aromatic N) is 3. The van der Waals surface area contributed by atoms with Gasteiger partial charge >= 0.3 is 6.09 Å². The van der Waals surface area contributed by atoms with Crippen molar-refractivity contribution in [3.05, 3.63) is 28.2 Å². The van der Waals surface area contributed by atoms with Gasteiger partial charge in [0.05, 0.1) is 0 Å². The minimum Gasteiger partial charge on any atom is -0.444 e. The van der Waals surface area contributed by atoms with Crippen LogP contribution in [0.5, 0.6) is 0 Å². The van der Waals surface area contributed by atoms with Crippen LogP contribution in [0.25, 0.3) is 0 Å². The number of hydrogen-bond donors (Lipinski definition) is 3. The molecule has 2 aromatic rings. The number of ether oxygens (including phenoxy) is 1. The van der Waals surface area contributed by atoms with E-state index in [1.54, 1.807) is 23.1 Å². The Bertz CT molecular complexity index is 807. The fraction of sp³-hybridized carbons (Fsp3) is 0.500. The second kappa shape index (κ2) is 8.45. The number of rotatable bonds is 4. The smallest absolute Gasteiger partial charge is 0.410 e. The molecule has 152 valence electrons. The first kappa shape index (κ1) is 20.5. The van der Waals surface area contributed by atoms with Crippen LogP contribution in [-0.4, -0.2) is 50.9 Å². The van der Waals surface area contributed by atoms with E-state index in [9.17, 15) is 4.79 Å². The van der Waals surface area contributed by atoms with Crippen LogP contribution in [-0.2, 0) is 4.74 Å². The van der Waals surface area contributed by atoms with Gasteiger partial charge in [0, 0.05) is 34.9 Å². The maximum absolute atomic E-state index is 12.1. The van der Waals surface area contributed by atoms with Gasteiger partial charge in [0.25, 0.3) is 0 Å². The molecule has 0 bridgehead atoms. The number of H-pyrrole nitrogens is 1. The first-order valence-corrected chi connectivity index (χ1v) is 9.83. The molecular weight excluding hydrogens is 403 g/mol. The number of aromatic amines is 1. The van der Waals surface area contributed by atoms with Crippen molar-refractivity contribution in [2.24, 2.45) is 0 Å². The van der Waals surface area contributed by atoms with E-state index in [2.05, 4.69) is 25.8 Å². The summed E-state index contributed by atoms with van der Waals surface area (Å²) in [5, 5.41) is 14.4. The Morgan fingerprint density at radius 2 is 1.86 bits per heavy atom. The predicted octanol–water partition coefficient (Wildman–Crippen LogP) is 4.67. The third-order valence-corrected chi connectivity index (χ3v) is 4.53. The maximum Gasteiger partial charge on any atom is 0.410 e. The number of aromatic nitrogens is 3. The van der Waals surface area contributed by atoms with Gasteiger partial charge in [0.1, 0.15) is 5.60 Å². The lowest BCUT2D eigenvalue weighted by Crippen LogP contribution is -2.44. The number of likely N-dealkylation sites (tertiary alicyclic amines) is 1. The van der Waals surface area contributed by atoms with Gasteiger partial charge in [-0.2, -0.15) is 4.98 Å². The van der Waals surface area contributed by atoms with Gasteiger partial charge in [-0.25, -0.2) is 9.89 Å². The minimum absolute atomic E-state index is 0.195. The first-order valence-electron chi connectivity index (χ1n) is 9.08. The Balaban J connectivity index is 1.50. The molecule has 0 aliphatic carbocycles. The average molecular weight is 427 g/mol. The van der Waals surface area contributed by atoms with Crippen LogP contribution < -0.4 is 10.6 Å². The number of carbonyl (C=O) groups is 1. The van der Waals surface area contributed by atoms with Crippen molar-refractivity contribution in [1.82, 2.24) is 20.1 Å². The summed E-state index contributed by atoms with van der Waals surface area (Å²) >= 11 is 12.0. The van der Waals surface area contributed by atoms with Gasteiger partial charge in [0.15, 0.2) is 0 Å². The summed E-state index contributed by atoms with van der Waals surface area (Å²) in [5.41, 5.74) is 0.219. The molecule has 1 amide bonds. The van der Waals surface area contributed by atoms with E-state index in [-0.39, 0.29) is 12.1 Å². The van der Waals surface area contributed by atoms with Gasteiger partial charge in [0.2, 0.25) is 11.9 Å². The zero-order chi connectivity index (χ0) is 20.3. The monoisotopic (exact) mass is 426 g/mol. The lowest BCUT2D eigenvalue weighted by molar-refractivity contribution is 0.0210. The molecule has 1 aromatic carbocycles. The molecule has 0 radical (unpaired) electrons. The van der Waals surface area contributed by atoms with Crippen molar-refractivity contribution < 1.29 is 9.53 Å². The lowest BCUT2D eigenvalue weighted by atomic mass is 10.1. The molecule has 0 unspecified atom stereocenters. The number of nitrogens with one attached hydrogen (secondary N) is 3. The molecule has 1 aromatic heterocycles. The van der Waals surface area contributed by atoms with Crippen molar-refractivity contribution in [2.45, 2.75) is 45.3 Å². The van der Waals surface area contributed by atoms with Crippen molar-refractivity contribution in [3.8, 4) is 0 Å². The largest absolute Gasteiger partial charge is 0.444 e. The summed E-state index contributed by atoms with van der Waals surface area (Å²) in [5.74, 6) is 0.971. The van der Waals surface area contributed by atoms with Gasteiger partial charge in [-0.3, -0.25) is 0 Å². The van der Waals surface area contributed by atoms with E-state index in [4.69, 9.17) is 27.9 Å². The number of amides is 1. The number of piperidine rings is 1. The zero-order valence-electron chi connectivity index (χ0n) is 16.1. The summed E-state index contributed by atoms with van der Waals surface area (Å²) in [6.07, 6.45) is 1.33. The van der Waals surface area contributed by atoms with Crippen molar-refractivity contribution >= 4 is 46.9 Å². The molecule has 28 heavy (non-hydrogen) atoms. The fourth-order valence-corrected chi connectivity index (χ4v) is 3.39. The van der Waals surface area contributed by atoms with Crippen LogP contribution in [0, 0.1) is 0 Å². The highest BCUT2D eigenvalue weighted by Gasteiger charge is 2.27. The highest BCUT2D eigenvalue weighted by molar-refractivity contribution is 6.35. The molecule has 3 N–H and O–H groups in total. The van der Waals surface area contributed by atoms with Gasteiger partial charge in [-0.05, 0) is 51.8 Å². The van der Waals surface area contributed by atoms with Crippen LogP contribution in [0.15, 0.2) is 18.2 Å². The van der Waals surface area contributed by atoms with Crippen LogP contribution in [0.3, 0.4) is 0 Å². The van der Waals surface area contributed by atoms with Crippen LogP contribution in [0.1, 0.15) is 33.6 Å². The second-order valence-corrected chi connectivity index (χ2v) is 8.55. The molecule has 3 rings (SSSR count). The number of halogens is 2. The van der Waals surface area contributed by atoms with E-state index in [1.165, 1.54) is 0 Å². The molecular formula is C18H24Cl2N6O2. The topological polar surface area (TPSA) is 95.2 Å². The van der Waals surface area contributed by atoms with Gasteiger partial charge in [-0.15, -0.1) is 5.10 Å². The van der Waals surface area contributed by atoms with Gasteiger partial charge < -0.3 is 20.3 Å². The highest BCUT2D eigenvalue weighted by Crippen LogP contribution is 2.24. The van der Waals surface area contributed by atoms with Gasteiger partial charge in [-0.1, -0.05) is 23.2 Å². The van der Waals surface area contributed by atoms with E-state index < -0.39 is 5.60 Å². The molecule has 1 saturated heterocycles. The highest BCUT2D eigenvalue weighted by atomic mass is 35.5. The maximum atomic E-state index is 12.1. The quantitative estimate of drug-likeness (QED) is 0.657. The summed E-state index contributed by atoms with van der Waals surface area (Å²) in [7, 11) is 0. The molecule has 0 atom stereocenters. The third kappa shape index (κ3) is 5.90. The molecule has 0 saturated carbocycles. The molecule has 1 aliphatic heterocycles. The second-order valence-electron chi connectivity index (χ2n) is 7.68. The van der Waals surface area contributed by atoms with Crippen molar-refractivity contribution in [2.75, 3.05) is 23.7 Å². The van der Waals surface area contributed by atoms with Crippen molar-refractivity contribution in [1.29, 1.82) is 0 Å². The SMILES string of the molecule is CC(C)(C)OC(=O)N1CCC(Nc2nc(Nc3cc(Cl)cc(Cl)c3)n[nH]2)CC1. The third-order valence-electron chi connectivity index (χ3n) is 4.09.